The minimum absolute atomic E-state index is 0. The molecule has 0 aliphatic heterocycles. The maximum atomic E-state index is 13.6. The Bertz CT molecular complexity index is 548. The molecule has 0 bridgehead atoms. The molecule has 0 fully saturated rings. The van der Waals surface area contributed by atoms with Gasteiger partial charge < -0.3 is 10.4 Å². The van der Waals surface area contributed by atoms with Gasteiger partial charge in [0.1, 0.15) is 5.82 Å². The lowest BCUT2D eigenvalue weighted by Crippen LogP contribution is -2.21. The number of hydrogen-bond donors (Lipinski definition) is 2. The third-order valence-electron chi connectivity index (χ3n) is 2.55. The second-order valence-electron chi connectivity index (χ2n) is 3.80. The summed E-state index contributed by atoms with van der Waals surface area (Å²) in [7, 11) is 0. The van der Waals surface area contributed by atoms with Crippen LogP contribution in [0.25, 0.3) is 0 Å². The van der Waals surface area contributed by atoms with E-state index in [0.717, 1.165) is 0 Å². The summed E-state index contributed by atoms with van der Waals surface area (Å²) in [5.41, 5.74) is 0.752. The first-order chi connectivity index (χ1) is 8.68. The van der Waals surface area contributed by atoms with Gasteiger partial charge in [-0.3, -0.25) is 0 Å². The monoisotopic (exact) mass is 281 g/mol. The van der Waals surface area contributed by atoms with Crippen molar-refractivity contribution in [2.24, 2.45) is 0 Å². The molecule has 0 spiro atoms. The van der Waals surface area contributed by atoms with Crippen LogP contribution in [0.3, 0.4) is 0 Å². The van der Waals surface area contributed by atoms with E-state index in [1.165, 1.54) is 18.2 Å². The van der Waals surface area contributed by atoms with Crippen molar-refractivity contribution in [3.63, 3.8) is 0 Å². The fourth-order valence-corrected chi connectivity index (χ4v) is 1.68. The summed E-state index contributed by atoms with van der Waals surface area (Å²) in [5, 5.41) is 12.0. The predicted octanol–water partition coefficient (Wildman–Crippen LogP) is 3.49. The van der Waals surface area contributed by atoms with E-state index in [2.05, 4.69) is 5.32 Å². The van der Waals surface area contributed by atoms with Gasteiger partial charge in [0.2, 0.25) is 0 Å². The SMILES string of the molecule is Cl.O=C(O)C(Nc1ccccc1)c1ccccc1F. The Hall–Kier alpha value is -2.07. The summed E-state index contributed by atoms with van der Waals surface area (Å²) in [6.45, 7) is 0. The van der Waals surface area contributed by atoms with Crippen LogP contribution in [0.5, 0.6) is 0 Å². The molecule has 2 aromatic carbocycles. The largest absolute Gasteiger partial charge is 0.479 e. The van der Waals surface area contributed by atoms with Crippen molar-refractivity contribution in [2.75, 3.05) is 5.32 Å². The molecule has 0 radical (unpaired) electrons. The van der Waals surface area contributed by atoms with E-state index < -0.39 is 17.8 Å². The van der Waals surface area contributed by atoms with Crippen LogP contribution in [0.1, 0.15) is 11.6 Å². The Morgan fingerprint density at radius 1 is 1.05 bits per heavy atom. The minimum atomic E-state index is -1.12. The van der Waals surface area contributed by atoms with Crippen molar-refractivity contribution in [2.45, 2.75) is 6.04 Å². The standard InChI is InChI=1S/C14H12FNO2.ClH/c15-12-9-5-4-8-11(12)13(14(17)18)16-10-6-2-1-3-7-10;/h1-9,13,16H,(H,17,18);1H. The summed E-state index contributed by atoms with van der Waals surface area (Å²) in [5.74, 6) is -1.66. The molecule has 1 unspecified atom stereocenters. The third-order valence-corrected chi connectivity index (χ3v) is 2.55. The number of carbonyl (C=O) groups is 1. The van der Waals surface area contributed by atoms with Gasteiger partial charge in [0.05, 0.1) is 0 Å². The molecule has 0 aliphatic carbocycles. The molecule has 1 atom stereocenters. The lowest BCUT2D eigenvalue weighted by atomic mass is 10.1. The van der Waals surface area contributed by atoms with E-state index in [-0.39, 0.29) is 18.0 Å². The van der Waals surface area contributed by atoms with Gasteiger partial charge in [0, 0.05) is 11.3 Å². The predicted molar refractivity (Wildman–Crippen MR) is 74.1 cm³/mol. The number of para-hydroxylation sites is 1. The number of benzene rings is 2. The molecule has 3 nitrogen and oxygen atoms in total. The third kappa shape index (κ3) is 3.69. The Morgan fingerprint density at radius 2 is 1.63 bits per heavy atom. The summed E-state index contributed by atoms with van der Waals surface area (Å²) in [4.78, 5) is 11.2. The molecule has 2 rings (SSSR count). The highest BCUT2D eigenvalue weighted by atomic mass is 35.5. The molecule has 5 heteroatoms. The van der Waals surface area contributed by atoms with Crippen LogP contribution < -0.4 is 5.32 Å². The minimum Gasteiger partial charge on any atom is -0.479 e. The Kier molecular flexibility index (Phi) is 5.33. The van der Waals surface area contributed by atoms with Crippen molar-refractivity contribution in [1.29, 1.82) is 0 Å². The van der Waals surface area contributed by atoms with Gasteiger partial charge in [0.15, 0.2) is 6.04 Å². The van der Waals surface area contributed by atoms with Crippen molar-refractivity contribution in [1.82, 2.24) is 0 Å². The van der Waals surface area contributed by atoms with Gasteiger partial charge in [-0.1, -0.05) is 36.4 Å². The fourth-order valence-electron chi connectivity index (χ4n) is 1.68. The van der Waals surface area contributed by atoms with Crippen molar-refractivity contribution < 1.29 is 14.3 Å². The smallest absolute Gasteiger partial charge is 0.330 e. The topological polar surface area (TPSA) is 49.3 Å². The van der Waals surface area contributed by atoms with E-state index in [4.69, 9.17) is 0 Å². The Morgan fingerprint density at radius 3 is 2.21 bits per heavy atom. The highest BCUT2D eigenvalue weighted by Crippen LogP contribution is 2.22. The maximum Gasteiger partial charge on any atom is 0.330 e. The summed E-state index contributed by atoms with van der Waals surface area (Å²) in [6.07, 6.45) is 0. The van der Waals surface area contributed by atoms with Crippen LogP contribution in [0.2, 0.25) is 0 Å². The molecular weight excluding hydrogens is 269 g/mol. The average Bonchev–Trinajstić information content (AvgIpc) is 2.38. The number of aliphatic carboxylic acids is 1. The molecule has 100 valence electrons. The van der Waals surface area contributed by atoms with Gasteiger partial charge in [-0.05, 0) is 18.2 Å². The second kappa shape index (κ2) is 6.75. The van der Waals surface area contributed by atoms with Crippen LogP contribution in [0.4, 0.5) is 10.1 Å². The molecule has 0 aromatic heterocycles. The highest BCUT2D eigenvalue weighted by molar-refractivity contribution is 5.85. The normalized spacial score (nSPS) is 11.2. The molecule has 0 heterocycles. The zero-order valence-electron chi connectivity index (χ0n) is 9.92. The zero-order valence-corrected chi connectivity index (χ0v) is 10.7. The zero-order chi connectivity index (χ0) is 13.0. The number of halogens is 2. The van der Waals surface area contributed by atoms with Crippen LogP contribution >= 0.6 is 12.4 Å². The number of carboxylic acids is 1. The van der Waals surface area contributed by atoms with Crippen LogP contribution in [-0.2, 0) is 4.79 Å². The Labute approximate surface area is 116 Å². The summed E-state index contributed by atoms with van der Waals surface area (Å²) >= 11 is 0. The first kappa shape index (κ1) is 15.0. The van der Waals surface area contributed by atoms with Crippen molar-refractivity contribution >= 4 is 24.1 Å². The van der Waals surface area contributed by atoms with E-state index >= 15 is 0 Å². The van der Waals surface area contributed by atoms with Gasteiger partial charge >= 0.3 is 5.97 Å². The molecule has 0 aliphatic rings. The number of carboxylic acid groups (broad SMARTS) is 1. The fraction of sp³-hybridized carbons (Fsp3) is 0.0714. The lowest BCUT2D eigenvalue weighted by molar-refractivity contribution is -0.138. The molecule has 2 aromatic rings. The molecule has 0 amide bonds. The average molecular weight is 282 g/mol. The Balaban J connectivity index is 0.00000180. The van der Waals surface area contributed by atoms with E-state index in [9.17, 15) is 14.3 Å². The highest BCUT2D eigenvalue weighted by Gasteiger charge is 2.22. The van der Waals surface area contributed by atoms with Gasteiger partial charge in [-0.25, -0.2) is 9.18 Å². The first-order valence-electron chi connectivity index (χ1n) is 5.47. The molecule has 2 N–H and O–H groups in total. The molecule has 19 heavy (non-hydrogen) atoms. The van der Waals surface area contributed by atoms with E-state index in [0.29, 0.717) is 5.69 Å². The summed E-state index contributed by atoms with van der Waals surface area (Å²) < 4.78 is 13.6. The molecule has 0 saturated heterocycles. The van der Waals surface area contributed by atoms with Crippen LogP contribution in [0, 0.1) is 5.82 Å². The summed E-state index contributed by atoms with van der Waals surface area (Å²) in [6, 6.07) is 13.6. The number of nitrogens with one attached hydrogen (secondary N) is 1. The van der Waals surface area contributed by atoms with Crippen molar-refractivity contribution in [3.8, 4) is 0 Å². The first-order valence-corrected chi connectivity index (χ1v) is 5.47. The van der Waals surface area contributed by atoms with Gasteiger partial charge in [-0.2, -0.15) is 0 Å². The number of hydrogen-bond acceptors (Lipinski definition) is 2. The lowest BCUT2D eigenvalue weighted by Gasteiger charge is -2.16. The van der Waals surface area contributed by atoms with E-state index in [1.54, 1.807) is 30.3 Å². The number of rotatable bonds is 4. The number of anilines is 1. The second-order valence-corrected chi connectivity index (χ2v) is 3.80. The molecular formula is C14H13ClFNO2. The van der Waals surface area contributed by atoms with Gasteiger partial charge in [0.25, 0.3) is 0 Å². The van der Waals surface area contributed by atoms with Crippen LogP contribution in [0.15, 0.2) is 54.6 Å². The van der Waals surface area contributed by atoms with Gasteiger partial charge in [-0.15, -0.1) is 12.4 Å². The van der Waals surface area contributed by atoms with Crippen molar-refractivity contribution in [3.05, 3.63) is 66.0 Å². The van der Waals surface area contributed by atoms with E-state index in [1.807, 2.05) is 6.07 Å². The maximum absolute atomic E-state index is 13.6. The quantitative estimate of drug-likeness (QED) is 0.902. The van der Waals surface area contributed by atoms with Crippen LogP contribution in [-0.4, -0.2) is 11.1 Å². The molecule has 0 saturated carbocycles.